The zero-order valence-electron chi connectivity index (χ0n) is 13.7. The zero-order chi connectivity index (χ0) is 15.5. The van der Waals surface area contributed by atoms with Crippen LogP contribution >= 0.6 is 0 Å². The summed E-state index contributed by atoms with van der Waals surface area (Å²) >= 11 is 0. The molecule has 1 nitrogen and oxygen atoms in total. The lowest BCUT2D eigenvalue weighted by Crippen LogP contribution is -2.18. The van der Waals surface area contributed by atoms with E-state index in [-0.39, 0.29) is 0 Å². The van der Waals surface area contributed by atoms with Gasteiger partial charge in [-0.2, -0.15) is 0 Å². The van der Waals surface area contributed by atoms with Gasteiger partial charge in [0.25, 0.3) is 0 Å². The maximum Gasteiger partial charge on any atom is 0.143 e. The van der Waals surface area contributed by atoms with Crippen molar-refractivity contribution in [2.45, 2.75) is 53.4 Å². The van der Waals surface area contributed by atoms with Crippen LogP contribution in [0.15, 0.2) is 58.2 Å². The third-order valence-corrected chi connectivity index (χ3v) is 4.66. The summed E-state index contributed by atoms with van der Waals surface area (Å²) in [6, 6.07) is 0. The molecule has 0 heterocycles. The minimum Gasteiger partial charge on any atom is -0.299 e. The molecule has 0 aromatic heterocycles. The predicted octanol–water partition coefficient (Wildman–Crippen LogP) is 5.47. The monoisotopic (exact) mass is 282 g/mol. The Kier molecular flexibility index (Phi) is 4.82. The Hall–Kier alpha value is -1.63. The first-order chi connectivity index (χ1) is 9.94. The largest absolute Gasteiger partial charge is 0.299 e. The van der Waals surface area contributed by atoms with E-state index >= 15 is 0 Å². The van der Waals surface area contributed by atoms with Gasteiger partial charge >= 0.3 is 0 Å². The van der Waals surface area contributed by atoms with Crippen molar-refractivity contribution in [1.82, 2.24) is 0 Å². The van der Waals surface area contributed by atoms with Gasteiger partial charge in [-0.3, -0.25) is 4.79 Å². The van der Waals surface area contributed by atoms with Gasteiger partial charge in [-0.25, -0.2) is 0 Å². The lowest BCUT2D eigenvalue weighted by atomic mass is 9.74. The normalized spacial score (nSPS) is 22.6. The van der Waals surface area contributed by atoms with Crippen LogP contribution in [0.25, 0.3) is 0 Å². The highest BCUT2D eigenvalue weighted by Crippen LogP contribution is 2.47. The molecule has 0 N–H and O–H groups in total. The average Bonchev–Trinajstić information content (AvgIpc) is 2.84. The third-order valence-electron chi connectivity index (χ3n) is 4.66. The number of hydrogen-bond donors (Lipinski definition) is 0. The van der Waals surface area contributed by atoms with Crippen LogP contribution in [0.5, 0.6) is 0 Å². The quantitative estimate of drug-likeness (QED) is 0.379. The van der Waals surface area contributed by atoms with Crippen molar-refractivity contribution in [2.75, 3.05) is 0 Å². The molecule has 0 bridgehead atoms. The van der Waals surface area contributed by atoms with E-state index in [1.807, 2.05) is 19.1 Å². The van der Waals surface area contributed by atoms with Gasteiger partial charge in [0.2, 0.25) is 0 Å². The van der Waals surface area contributed by atoms with E-state index in [1.54, 1.807) is 17.2 Å². The maximum absolute atomic E-state index is 10.4. The van der Waals surface area contributed by atoms with E-state index in [4.69, 9.17) is 0 Å². The van der Waals surface area contributed by atoms with E-state index < -0.39 is 0 Å². The molecule has 0 saturated heterocycles. The van der Waals surface area contributed by atoms with Crippen LogP contribution in [0, 0.1) is 5.41 Å². The summed E-state index contributed by atoms with van der Waals surface area (Å²) in [6.07, 6.45) is 16.0. The van der Waals surface area contributed by atoms with Crippen molar-refractivity contribution in [2.24, 2.45) is 5.41 Å². The standard InChI is InChI=1S/C20H26O/c1-15(10-12-21)7-5-8-16(2)18-13-17-9-6-11-20(3,4)19(17)14-18/h5,7-8,10,12,14H,6,9,11,13H2,1-4H3/b7-5+,15-10+,16-8-. The first-order valence-corrected chi connectivity index (χ1v) is 7.84. The Labute approximate surface area is 128 Å². The first-order valence-electron chi connectivity index (χ1n) is 7.84. The van der Waals surface area contributed by atoms with Crippen molar-refractivity contribution in [3.8, 4) is 0 Å². The predicted molar refractivity (Wildman–Crippen MR) is 90.1 cm³/mol. The molecule has 0 fully saturated rings. The SMILES string of the molecule is C/C(=C/C=C/C(C)=C/C=O)C1=CC2=C(CCCC2(C)C)C1. The fraction of sp³-hybridized carbons (Fsp3) is 0.450. The molecule has 2 aliphatic carbocycles. The number of aldehydes is 1. The van der Waals surface area contributed by atoms with Crippen molar-refractivity contribution < 1.29 is 4.79 Å². The molecule has 0 amide bonds. The van der Waals surface area contributed by atoms with Gasteiger partial charge in [0.1, 0.15) is 6.29 Å². The minimum atomic E-state index is 0.342. The molecular formula is C20H26O. The Morgan fingerprint density at radius 2 is 2.00 bits per heavy atom. The van der Waals surface area contributed by atoms with Gasteiger partial charge in [0.05, 0.1) is 0 Å². The summed E-state index contributed by atoms with van der Waals surface area (Å²) < 4.78 is 0. The second kappa shape index (κ2) is 6.43. The van der Waals surface area contributed by atoms with E-state index in [0.29, 0.717) is 5.41 Å². The molecular weight excluding hydrogens is 256 g/mol. The molecule has 0 spiro atoms. The lowest BCUT2D eigenvalue weighted by molar-refractivity contribution is -0.104. The highest BCUT2D eigenvalue weighted by Gasteiger charge is 2.31. The van der Waals surface area contributed by atoms with Crippen LogP contribution in [0.2, 0.25) is 0 Å². The summed E-state index contributed by atoms with van der Waals surface area (Å²) in [6.45, 7) is 8.85. The maximum atomic E-state index is 10.4. The molecule has 0 aromatic carbocycles. The van der Waals surface area contributed by atoms with Crippen LogP contribution in [0.3, 0.4) is 0 Å². The van der Waals surface area contributed by atoms with Crippen molar-refractivity contribution >= 4 is 6.29 Å². The zero-order valence-corrected chi connectivity index (χ0v) is 13.7. The van der Waals surface area contributed by atoms with Crippen molar-refractivity contribution in [3.63, 3.8) is 0 Å². The highest BCUT2D eigenvalue weighted by molar-refractivity contribution is 5.67. The van der Waals surface area contributed by atoms with Crippen molar-refractivity contribution in [1.29, 1.82) is 0 Å². The number of hydrogen-bond acceptors (Lipinski definition) is 1. The number of carbonyl (C=O) groups excluding carboxylic acids is 1. The molecule has 0 aromatic rings. The van der Waals surface area contributed by atoms with Crippen LogP contribution < -0.4 is 0 Å². The number of rotatable bonds is 4. The Morgan fingerprint density at radius 3 is 2.67 bits per heavy atom. The van der Waals surface area contributed by atoms with Gasteiger partial charge in [-0.05, 0) is 73.3 Å². The second-order valence-corrected chi connectivity index (χ2v) is 6.86. The molecule has 0 aliphatic heterocycles. The van der Waals surface area contributed by atoms with E-state index in [0.717, 1.165) is 18.3 Å². The molecule has 2 aliphatic rings. The van der Waals surface area contributed by atoms with Crippen LogP contribution in [-0.4, -0.2) is 6.29 Å². The Morgan fingerprint density at radius 1 is 1.24 bits per heavy atom. The molecule has 0 radical (unpaired) electrons. The first kappa shape index (κ1) is 15.8. The third kappa shape index (κ3) is 3.72. The van der Waals surface area contributed by atoms with E-state index in [9.17, 15) is 4.79 Å². The highest BCUT2D eigenvalue weighted by atomic mass is 16.1. The van der Waals surface area contributed by atoms with Crippen molar-refractivity contribution in [3.05, 3.63) is 58.2 Å². The molecule has 1 heteroatoms. The molecule has 0 unspecified atom stereocenters. The van der Waals surface area contributed by atoms with Gasteiger partial charge in [0, 0.05) is 0 Å². The summed E-state index contributed by atoms with van der Waals surface area (Å²) in [4.78, 5) is 10.4. The van der Waals surface area contributed by atoms with E-state index in [1.165, 1.54) is 30.4 Å². The molecule has 112 valence electrons. The van der Waals surface area contributed by atoms with E-state index in [2.05, 4.69) is 32.9 Å². The average molecular weight is 282 g/mol. The van der Waals surface area contributed by atoms with Gasteiger partial charge < -0.3 is 0 Å². The summed E-state index contributed by atoms with van der Waals surface area (Å²) in [5.41, 5.74) is 7.34. The van der Waals surface area contributed by atoms with Crippen LogP contribution in [-0.2, 0) is 4.79 Å². The van der Waals surface area contributed by atoms with Gasteiger partial charge in [-0.15, -0.1) is 0 Å². The molecule has 2 rings (SSSR count). The molecule has 0 atom stereocenters. The minimum absolute atomic E-state index is 0.342. The van der Waals surface area contributed by atoms with Crippen LogP contribution in [0.1, 0.15) is 53.4 Å². The number of carbonyl (C=O) groups is 1. The second-order valence-electron chi connectivity index (χ2n) is 6.86. The molecule has 0 saturated carbocycles. The summed E-state index contributed by atoms with van der Waals surface area (Å²) in [5.74, 6) is 0. The Bertz CT molecular complexity index is 577. The molecule has 21 heavy (non-hydrogen) atoms. The fourth-order valence-corrected chi connectivity index (χ4v) is 3.30. The smallest absolute Gasteiger partial charge is 0.143 e. The number of allylic oxidation sites excluding steroid dienone is 10. The fourth-order valence-electron chi connectivity index (χ4n) is 3.30. The van der Waals surface area contributed by atoms with Gasteiger partial charge in [-0.1, -0.05) is 43.7 Å². The Balaban J connectivity index is 2.11. The van der Waals surface area contributed by atoms with Gasteiger partial charge in [0.15, 0.2) is 0 Å². The summed E-state index contributed by atoms with van der Waals surface area (Å²) in [7, 11) is 0. The summed E-state index contributed by atoms with van der Waals surface area (Å²) in [5, 5.41) is 0. The topological polar surface area (TPSA) is 17.1 Å². The lowest BCUT2D eigenvalue weighted by Gasteiger charge is -2.31. The van der Waals surface area contributed by atoms with Crippen LogP contribution in [0.4, 0.5) is 0 Å².